The maximum Gasteiger partial charge on any atom is 0.243 e. The lowest BCUT2D eigenvalue weighted by Gasteiger charge is -2.26. The summed E-state index contributed by atoms with van der Waals surface area (Å²) in [5.74, 6) is -1.81. The molecule has 0 atom stereocenters. The van der Waals surface area contributed by atoms with Gasteiger partial charge in [0.2, 0.25) is 10.0 Å². The van der Waals surface area contributed by atoms with E-state index in [1.807, 2.05) is 0 Å². The fourth-order valence-electron chi connectivity index (χ4n) is 2.52. The molecule has 20 heavy (non-hydrogen) atoms. The molecular weight excluding hydrogens is 288 g/mol. The zero-order chi connectivity index (χ0) is 14.8. The molecule has 7 heteroatoms. The van der Waals surface area contributed by atoms with E-state index in [0.29, 0.717) is 6.07 Å². The van der Waals surface area contributed by atoms with Crippen LogP contribution in [0.25, 0.3) is 0 Å². The minimum atomic E-state index is -4.13. The highest BCUT2D eigenvalue weighted by molar-refractivity contribution is 7.89. The van der Waals surface area contributed by atoms with Gasteiger partial charge in [0.25, 0.3) is 0 Å². The van der Waals surface area contributed by atoms with Crippen LogP contribution in [0, 0.1) is 17.0 Å². The van der Waals surface area contributed by atoms with Crippen molar-refractivity contribution < 1.29 is 22.3 Å². The van der Waals surface area contributed by atoms with E-state index >= 15 is 0 Å². The van der Waals surface area contributed by atoms with Crippen LogP contribution >= 0.6 is 0 Å². The van der Waals surface area contributed by atoms with Crippen molar-refractivity contribution in [3.8, 4) is 0 Å². The van der Waals surface area contributed by atoms with Crippen LogP contribution in [0.1, 0.15) is 25.7 Å². The number of hydrogen-bond donors (Lipinski definition) is 2. The topological polar surface area (TPSA) is 66.4 Å². The molecule has 1 saturated carbocycles. The van der Waals surface area contributed by atoms with E-state index < -0.39 is 32.0 Å². The summed E-state index contributed by atoms with van der Waals surface area (Å²) in [6.07, 6.45) is 3.29. The van der Waals surface area contributed by atoms with Crippen molar-refractivity contribution in [1.82, 2.24) is 4.72 Å². The molecule has 2 rings (SSSR count). The summed E-state index contributed by atoms with van der Waals surface area (Å²) in [4.78, 5) is -0.705. The van der Waals surface area contributed by atoms with E-state index in [0.717, 1.165) is 37.8 Å². The van der Waals surface area contributed by atoms with Crippen molar-refractivity contribution in [2.75, 3.05) is 13.2 Å². The van der Waals surface area contributed by atoms with Gasteiger partial charge in [0, 0.05) is 18.6 Å². The number of rotatable bonds is 5. The lowest BCUT2D eigenvalue weighted by Crippen LogP contribution is -2.38. The second kappa shape index (κ2) is 5.75. The summed E-state index contributed by atoms with van der Waals surface area (Å²) < 4.78 is 52.9. The van der Waals surface area contributed by atoms with Crippen LogP contribution in [-0.2, 0) is 10.0 Å². The fraction of sp³-hybridized carbons (Fsp3) is 0.538. The monoisotopic (exact) mass is 305 g/mol. The average Bonchev–Trinajstić information content (AvgIpc) is 2.89. The third kappa shape index (κ3) is 3.16. The normalized spacial score (nSPS) is 18.4. The van der Waals surface area contributed by atoms with E-state index in [-0.39, 0.29) is 13.2 Å². The molecule has 1 aliphatic rings. The molecule has 1 aromatic carbocycles. The minimum Gasteiger partial charge on any atom is -0.396 e. The first-order chi connectivity index (χ1) is 9.38. The number of sulfonamides is 1. The Morgan fingerprint density at radius 1 is 1.25 bits per heavy atom. The SMILES string of the molecule is O=S(=O)(NCC1(CO)CCCC1)c1cc(F)ccc1F. The van der Waals surface area contributed by atoms with Gasteiger partial charge >= 0.3 is 0 Å². The first-order valence-corrected chi connectivity index (χ1v) is 7.92. The molecule has 0 heterocycles. The predicted octanol–water partition coefficient (Wildman–Crippen LogP) is 1.80. The highest BCUT2D eigenvalue weighted by Gasteiger charge is 2.34. The molecule has 0 amide bonds. The Kier molecular flexibility index (Phi) is 4.41. The van der Waals surface area contributed by atoms with Gasteiger partial charge in [-0.1, -0.05) is 12.8 Å². The van der Waals surface area contributed by atoms with Gasteiger partial charge in [0.05, 0.1) is 0 Å². The molecular formula is C13H17F2NO3S. The van der Waals surface area contributed by atoms with Gasteiger partial charge in [-0.25, -0.2) is 21.9 Å². The van der Waals surface area contributed by atoms with Crippen molar-refractivity contribution in [1.29, 1.82) is 0 Å². The van der Waals surface area contributed by atoms with Crippen molar-refractivity contribution in [3.63, 3.8) is 0 Å². The van der Waals surface area contributed by atoms with Crippen molar-refractivity contribution >= 4 is 10.0 Å². The Balaban J connectivity index is 2.17. The summed E-state index contributed by atoms with van der Waals surface area (Å²) in [6.45, 7) is -0.0943. The third-order valence-corrected chi connectivity index (χ3v) is 5.24. The van der Waals surface area contributed by atoms with E-state index in [1.54, 1.807) is 0 Å². The van der Waals surface area contributed by atoms with E-state index in [4.69, 9.17) is 0 Å². The molecule has 1 fully saturated rings. The molecule has 0 radical (unpaired) electrons. The van der Waals surface area contributed by atoms with E-state index in [1.165, 1.54) is 0 Å². The van der Waals surface area contributed by atoms with Gasteiger partial charge in [0.15, 0.2) is 0 Å². The Morgan fingerprint density at radius 3 is 2.50 bits per heavy atom. The summed E-state index contributed by atoms with van der Waals surface area (Å²) in [5, 5.41) is 9.41. The van der Waals surface area contributed by atoms with Crippen LogP contribution in [0.4, 0.5) is 8.78 Å². The minimum absolute atomic E-state index is 0.0296. The Hall–Kier alpha value is -1.05. The molecule has 0 unspecified atom stereocenters. The van der Waals surface area contributed by atoms with Crippen LogP contribution in [0.15, 0.2) is 23.1 Å². The second-order valence-electron chi connectivity index (χ2n) is 5.26. The predicted molar refractivity (Wildman–Crippen MR) is 69.5 cm³/mol. The Morgan fingerprint density at radius 2 is 1.90 bits per heavy atom. The van der Waals surface area contributed by atoms with Crippen LogP contribution < -0.4 is 4.72 Å². The molecule has 0 bridgehead atoms. The molecule has 1 aliphatic carbocycles. The van der Waals surface area contributed by atoms with Crippen molar-refractivity contribution in [2.45, 2.75) is 30.6 Å². The third-order valence-electron chi connectivity index (χ3n) is 3.82. The van der Waals surface area contributed by atoms with Crippen LogP contribution in [0.2, 0.25) is 0 Å². The average molecular weight is 305 g/mol. The van der Waals surface area contributed by atoms with Gasteiger partial charge < -0.3 is 5.11 Å². The largest absolute Gasteiger partial charge is 0.396 e. The van der Waals surface area contributed by atoms with Crippen LogP contribution in [-0.4, -0.2) is 26.7 Å². The lowest BCUT2D eigenvalue weighted by molar-refractivity contribution is 0.134. The molecule has 4 nitrogen and oxygen atoms in total. The lowest BCUT2D eigenvalue weighted by atomic mass is 9.88. The first-order valence-electron chi connectivity index (χ1n) is 6.44. The van der Waals surface area contributed by atoms with Crippen molar-refractivity contribution in [3.05, 3.63) is 29.8 Å². The van der Waals surface area contributed by atoms with Gasteiger partial charge in [-0.05, 0) is 31.0 Å². The van der Waals surface area contributed by atoms with E-state index in [2.05, 4.69) is 4.72 Å². The molecule has 0 saturated heterocycles. The molecule has 0 aromatic heterocycles. The number of benzene rings is 1. The second-order valence-corrected chi connectivity index (χ2v) is 7.00. The summed E-state index contributed by atoms with van der Waals surface area (Å²) in [7, 11) is -4.13. The summed E-state index contributed by atoms with van der Waals surface area (Å²) in [5.41, 5.74) is -0.489. The van der Waals surface area contributed by atoms with Gasteiger partial charge in [-0.3, -0.25) is 0 Å². The van der Waals surface area contributed by atoms with Gasteiger partial charge in [0.1, 0.15) is 16.5 Å². The smallest absolute Gasteiger partial charge is 0.243 e. The maximum absolute atomic E-state index is 13.5. The number of aliphatic hydroxyl groups is 1. The standard InChI is InChI=1S/C13H17F2NO3S/c14-10-3-4-11(15)12(7-10)20(18,19)16-8-13(9-17)5-1-2-6-13/h3-4,7,16-17H,1-2,5-6,8-9H2. The zero-order valence-corrected chi connectivity index (χ0v) is 11.7. The van der Waals surface area contributed by atoms with Gasteiger partial charge in [-0.2, -0.15) is 0 Å². The number of aliphatic hydroxyl groups excluding tert-OH is 1. The van der Waals surface area contributed by atoms with Crippen LogP contribution in [0.5, 0.6) is 0 Å². The number of nitrogens with one attached hydrogen (secondary N) is 1. The maximum atomic E-state index is 13.5. The molecule has 0 spiro atoms. The fourth-order valence-corrected chi connectivity index (χ4v) is 3.77. The number of halogens is 2. The van der Waals surface area contributed by atoms with Crippen molar-refractivity contribution in [2.24, 2.45) is 5.41 Å². The highest BCUT2D eigenvalue weighted by Crippen LogP contribution is 2.37. The Labute approximate surface area is 116 Å². The zero-order valence-electron chi connectivity index (χ0n) is 10.9. The molecule has 2 N–H and O–H groups in total. The summed E-state index contributed by atoms with van der Waals surface area (Å²) in [6, 6.07) is 2.29. The Bertz CT molecular complexity index is 583. The first kappa shape index (κ1) is 15.3. The van der Waals surface area contributed by atoms with Gasteiger partial charge in [-0.15, -0.1) is 0 Å². The van der Waals surface area contributed by atoms with Crippen LogP contribution in [0.3, 0.4) is 0 Å². The molecule has 0 aliphatic heterocycles. The van der Waals surface area contributed by atoms with E-state index in [9.17, 15) is 22.3 Å². The molecule has 1 aromatic rings. The number of hydrogen-bond acceptors (Lipinski definition) is 3. The summed E-state index contributed by atoms with van der Waals surface area (Å²) >= 11 is 0. The highest BCUT2D eigenvalue weighted by atomic mass is 32.2. The molecule has 112 valence electrons. The quantitative estimate of drug-likeness (QED) is 0.871.